The summed E-state index contributed by atoms with van der Waals surface area (Å²) < 4.78 is 5.11. The van der Waals surface area contributed by atoms with Crippen molar-refractivity contribution < 1.29 is 9.84 Å². The van der Waals surface area contributed by atoms with Crippen LogP contribution in [0.2, 0.25) is 0 Å². The molecule has 0 aromatic heterocycles. The zero-order valence-electron chi connectivity index (χ0n) is 10.5. The van der Waals surface area contributed by atoms with Crippen molar-refractivity contribution in [3.8, 4) is 0 Å². The topological polar surface area (TPSA) is 41.5 Å². The van der Waals surface area contributed by atoms with Crippen LogP contribution < -0.4 is 5.32 Å². The molecule has 3 nitrogen and oxygen atoms in total. The molecule has 1 aliphatic rings. The smallest absolute Gasteiger partial charge is 0.0741 e. The molecule has 0 aromatic carbocycles. The molecular formula is C12H25NO2. The molecule has 0 spiro atoms. The Labute approximate surface area is 93.2 Å². The van der Waals surface area contributed by atoms with Gasteiger partial charge in [-0.05, 0) is 45.4 Å². The lowest BCUT2D eigenvalue weighted by atomic mass is 9.98. The normalized spacial score (nSPS) is 21.4. The maximum atomic E-state index is 9.79. The lowest BCUT2D eigenvalue weighted by Crippen LogP contribution is -2.46. The summed E-state index contributed by atoms with van der Waals surface area (Å²) in [6.07, 6.45) is 3.72. The summed E-state index contributed by atoms with van der Waals surface area (Å²) in [5.74, 6) is 0. The van der Waals surface area contributed by atoms with E-state index >= 15 is 0 Å². The summed E-state index contributed by atoms with van der Waals surface area (Å²) >= 11 is 0. The summed E-state index contributed by atoms with van der Waals surface area (Å²) in [4.78, 5) is 0. The molecule has 1 aliphatic carbocycles. The number of hydrogen-bond acceptors (Lipinski definition) is 3. The van der Waals surface area contributed by atoms with Crippen molar-refractivity contribution in [3.63, 3.8) is 0 Å². The van der Waals surface area contributed by atoms with Gasteiger partial charge in [-0.15, -0.1) is 0 Å². The van der Waals surface area contributed by atoms with E-state index in [2.05, 4.69) is 5.32 Å². The fourth-order valence-corrected chi connectivity index (χ4v) is 1.63. The van der Waals surface area contributed by atoms with Crippen molar-refractivity contribution in [3.05, 3.63) is 0 Å². The highest BCUT2D eigenvalue weighted by atomic mass is 16.5. The molecule has 1 fully saturated rings. The van der Waals surface area contributed by atoms with Crippen LogP contribution in [0.4, 0.5) is 0 Å². The molecule has 0 radical (unpaired) electrons. The summed E-state index contributed by atoms with van der Waals surface area (Å²) in [5, 5.41) is 13.2. The second-order valence-electron chi connectivity index (χ2n) is 5.50. The van der Waals surface area contributed by atoms with Crippen molar-refractivity contribution >= 4 is 0 Å². The Balaban J connectivity index is 2.25. The monoisotopic (exact) mass is 215 g/mol. The molecule has 1 saturated carbocycles. The van der Waals surface area contributed by atoms with E-state index < -0.39 is 5.60 Å². The molecule has 2 N–H and O–H groups in total. The molecule has 0 aromatic rings. The number of ether oxygens (including phenoxy) is 1. The first-order valence-electron chi connectivity index (χ1n) is 5.84. The van der Waals surface area contributed by atoms with Crippen LogP contribution >= 0.6 is 0 Å². The van der Waals surface area contributed by atoms with Gasteiger partial charge in [0.25, 0.3) is 0 Å². The maximum Gasteiger partial charge on any atom is 0.0741 e. The Hall–Kier alpha value is -0.120. The second kappa shape index (κ2) is 4.81. The van der Waals surface area contributed by atoms with Crippen LogP contribution in [0, 0.1) is 5.41 Å². The highest BCUT2D eigenvalue weighted by Gasteiger charge is 2.42. The van der Waals surface area contributed by atoms with Crippen LogP contribution in [0.15, 0.2) is 0 Å². The lowest BCUT2D eigenvalue weighted by Gasteiger charge is -2.29. The number of hydrogen-bond donors (Lipinski definition) is 2. The summed E-state index contributed by atoms with van der Waals surface area (Å²) in [5.41, 5.74) is -0.188. The molecule has 0 heterocycles. The number of rotatable bonds is 7. The van der Waals surface area contributed by atoms with E-state index in [9.17, 15) is 5.11 Å². The van der Waals surface area contributed by atoms with E-state index in [1.165, 1.54) is 12.8 Å². The minimum absolute atomic E-state index is 0.137. The Morgan fingerprint density at radius 1 is 1.47 bits per heavy atom. The van der Waals surface area contributed by atoms with Gasteiger partial charge in [0.15, 0.2) is 0 Å². The Morgan fingerprint density at radius 2 is 2.07 bits per heavy atom. The summed E-state index contributed by atoms with van der Waals surface area (Å²) in [6.45, 7) is 7.57. The molecule has 0 aliphatic heterocycles. The van der Waals surface area contributed by atoms with Crippen LogP contribution in [0.25, 0.3) is 0 Å². The van der Waals surface area contributed by atoms with Gasteiger partial charge in [0, 0.05) is 26.3 Å². The zero-order chi connectivity index (χ0) is 11.5. The van der Waals surface area contributed by atoms with Crippen LogP contribution in [0.1, 0.15) is 40.0 Å². The molecule has 1 unspecified atom stereocenters. The van der Waals surface area contributed by atoms with E-state index in [4.69, 9.17) is 4.74 Å². The van der Waals surface area contributed by atoms with Gasteiger partial charge < -0.3 is 15.2 Å². The standard InChI is InChI=1S/C12H25NO2/c1-10(11(2,3)14)13-9-12(5-6-12)7-8-15-4/h10,13-14H,5-9H2,1-4H3. The SMILES string of the molecule is COCCC1(CNC(C)C(C)(C)O)CC1. The first kappa shape index (κ1) is 12.9. The molecule has 15 heavy (non-hydrogen) atoms. The van der Waals surface area contributed by atoms with Gasteiger partial charge in [-0.1, -0.05) is 0 Å². The van der Waals surface area contributed by atoms with Crippen LogP contribution in [-0.2, 0) is 4.74 Å². The zero-order valence-corrected chi connectivity index (χ0v) is 10.5. The third kappa shape index (κ3) is 4.09. The molecule has 0 saturated heterocycles. The summed E-state index contributed by atoms with van der Waals surface area (Å²) in [7, 11) is 1.75. The maximum absolute atomic E-state index is 9.79. The van der Waals surface area contributed by atoms with E-state index in [1.54, 1.807) is 7.11 Å². The lowest BCUT2D eigenvalue weighted by molar-refractivity contribution is 0.0416. The fourth-order valence-electron chi connectivity index (χ4n) is 1.63. The van der Waals surface area contributed by atoms with E-state index in [0.717, 1.165) is 19.6 Å². The average Bonchev–Trinajstić information content (AvgIpc) is 2.90. The number of methoxy groups -OCH3 is 1. The van der Waals surface area contributed by atoms with Crippen molar-refractivity contribution in [2.24, 2.45) is 5.41 Å². The minimum atomic E-state index is -0.642. The molecule has 3 heteroatoms. The first-order chi connectivity index (χ1) is 6.90. The van der Waals surface area contributed by atoms with Crippen molar-refractivity contribution in [2.75, 3.05) is 20.3 Å². The predicted molar refractivity (Wildman–Crippen MR) is 61.9 cm³/mol. The fraction of sp³-hybridized carbons (Fsp3) is 1.00. The molecular weight excluding hydrogens is 190 g/mol. The quantitative estimate of drug-likeness (QED) is 0.677. The summed E-state index contributed by atoms with van der Waals surface area (Å²) in [6, 6.07) is 0.137. The molecule has 0 amide bonds. The van der Waals surface area contributed by atoms with Gasteiger partial charge >= 0.3 is 0 Å². The second-order valence-corrected chi connectivity index (χ2v) is 5.50. The Morgan fingerprint density at radius 3 is 2.47 bits per heavy atom. The third-order valence-electron chi connectivity index (χ3n) is 3.64. The van der Waals surface area contributed by atoms with Crippen molar-refractivity contribution in [2.45, 2.75) is 51.7 Å². The van der Waals surface area contributed by atoms with Gasteiger partial charge in [0.05, 0.1) is 5.60 Å². The minimum Gasteiger partial charge on any atom is -0.389 e. The molecule has 1 rings (SSSR count). The largest absolute Gasteiger partial charge is 0.389 e. The predicted octanol–water partition coefficient (Wildman–Crippen LogP) is 1.55. The third-order valence-corrected chi connectivity index (χ3v) is 3.64. The average molecular weight is 215 g/mol. The van der Waals surface area contributed by atoms with Crippen LogP contribution in [0.3, 0.4) is 0 Å². The molecule has 0 bridgehead atoms. The Bertz CT molecular complexity index is 194. The van der Waals surface area contributed by atoms with Crippen LogP contribution in [-0.4, -0.2) is 37.0 Å². The van der Waals surface area contributed by atoms with E-state index in [1.807, 2.05) is 20.8 Å². The first-order valence-corrected chi connectivity index (χ1v) is 5.84. The van der Waals surface area contributed by atoms with Gasteiger partial charge in [-0.25, -0.2) is 0 Å². The van der Waals surface area contributed by atoms with E-state index in [0.29, 0.717) is 5.41 Å². The van der Waals surface area contributed by atoms with Crippen LogP contribution in [0.5, 0.6) is 0 Å². The highest BCUT2D eigenvalue weighted by Crippen LogP contribution is 2.48. The van der Waals surface area contributed by atoms with Gasteiger partial charge in [0.1, 0.15) is 0 Å². The van der Waals surface area contributed by atoms with Crippen molar-refractivity contribution in [1.29, 1.82) is 0 Å². The van der Waals surface area contributed by atoms with Gasteiger partial charge in [0.2, 0.25) is 0 Å². The van der Waals surface area contributed by atoms with Gasteiger partial charge in [-0.3, -0.25) is 0 Å². The van der Waals surface area contributed by atoms with Gasteiger partial charge in [-0.2, -0.15) is 0 Å². The Kier molecular flexibility index (Phi) is 4.15. The number of aliphatic hydroxyl groups is 1. The van der Waals surface area contributed by atoms with E-state index in [-0.39, 0.29) is 6.04 Å². The number of nitrogens with one attached hydrogen (secondary N) is 1. The van der Waals surface area contributed by atoms with Crippen molar-refractivity contribution in [1.82, 2.24) is 5.32 Å². The molecule has 1 atom stereocenters. The molecule has 90 valence electrons. The highest BCUT2D eigenvalue weighted by molar-refractivity contribution is 4.96.